The summed E-state index contributed by atoms with van der Waals surface area (Å²) in [5.74, 6) is 0.402. The Morgan fingerprint density at radius 1 is 1.35 bits per heavy atom. The number of hydrogen-bond acceptors (Lipinski definition) is 3. The van der Waals surface area contributed by atoms with E-state index in [1.807, 2.05) is 6.92 Å². The molecule has 6 heteroatoms. The van der Waals surface area contributed by atoms with Crippen LogP contribution in [0.3, 0.4) is 0 Å². The molecule has 0 aromatic heterocycles. The zero-order valence-electron chi connectivity index (χ0n) is 10.2. The Bertz CT molecular complexity index is 506. The molecule has 0 aliphatic carbocycles. The van der Waals surface area contributed by atoms with E-state index in [1.165, 1.54) is 6.26 Å². The molecule has 0 amide bonds. The lowest BCUT2D eigenvalue weighted by Gasteiger charge is -2.18. The SMILES string of the molecule is CCN=C(N)N(C)c1ccc(S(C)(=O)=O)cc1. The summed E-state index contributed by atoms with van der Waals surface area (Å²) in [4.78, 5) is 6.07. The summed E-state index contributed by atoms with van der Waals surface area (Å²) in [6, 6.07) is 6.52. The molecule has 0 saturated carbocycles. The highest BCUT2D eigenvalue weighted by Gasteiger charge is 2.09. The number of nitrogens with two attached hydrogens (primary N) is 1. The van der Waals surface area contributed by atoms with E-state index in [2.05, 4.69) is 4.99 Å². The molecule has 1 aromatic carbocycles. The molecular formula is C11H17N3O2S. The van der Waals surface area contributed by atoms with E-state index in [-0.39, 0.29) is 0 Å². The number of aliphatic imine (C=N–C) groups is 1. The highest BCUT2D eigenvalue weighted by atomic mass is 32.2. The normalized spacial score (nSPS) is 12.5. The zero-order chi connectivity index (χ0) is 13.1. The maximum absolute atomic E-state index is 11.3. The molecule has 1 rings (SSSR count). The third-order valence-electron chi connectivity index (χ3n) is 2.32. The minimum Gasteiger partial charge on any atom is -0.370 e. The standard InChI is InChI=1S/C11H17N3O2S/c1-4-13-11(12)14(2)9-5-7-10(8-6-9)17(3,15)16/h5-8H,4H2,1-3H3,(H2,12,13). The monoisotopic (exact) mass is 255 g/mol. The molecule has 0 aliphatic heterocycles. The molecule has 0 radical (unpaired) electrons. The number of hydrogen-bond donors (Lipinski definition) is 1. The van der Waals surface area contributed by atoms with Crippen molar-refractivity contribution in [1.29, 1.82) is 0 Å². The van der Waals surface area contributed by atoms with Crippen LogP contribution in [-0.4, -0.2) is 34.2 Å². The number of nitrogens with zero attached hydrogens (tertiary/aromatic N) is 2. The van der Waals surface area contributed by atoms with Gasteiger partial charge in [0.25, 0.3) is 0 Å². The summed E-state index contributed by atoms with van der Waals surface area (Å²) in [7, 11) is -1.37. The van der Waals surface area contributed by atoms with Gasteiger partial charge in [-0.3, -0.25) is 4.99 Å². The Morgan fingerprint density at radius 3 is 2.29 bits per heavy atom. The molecule has 0 spiro atoms. The number of benzene rings is 1. The Labute approximate surface area is 102 Å². The van der Waals surface area contributed by atoms with Gasteiger partial charge in [0.15, 0.2) is 15.8 Å². The first-order chi connectivity index (χ1) is 7.86. The van der Waals surface area contributed by atoms with Crippen molar-refractivity contribution in [1.82, 2.24) is 0 Å². The molecule has 5 nitrogen and oxygen atoms in total. The Hall–Kier alpha value is -1.56. The minimum atomic E-state index is -3.16. The highest BCUT2D eigenvalue weighted by Crippen LogP contribution is 2.16. The van der Waals surface area contributed by atoms with Crippen LogP contribution < -0.4 is 10.6 Å². The summed E-state index contributed by atoms with van der Waals surface area (Å²) >= 11 is 0. The Balaban J connectivity index is 3.00. The van der Waals surface area contributed by atoms with Crippen molar-refractivity contribution in [2.45, 2.75) is 11.8 Å². The molecule has 0 saturated heterocycles. The smallest absolute Gasteiger partial charge is 0.195 e. The van der Waals surface area contributed by atoms with E-state index in [1.54, 1.807) is 36.2 Å². The van der Waals surface area contributed by atoms with Gasteiger partial charge in [0.2, 0.25) is 0 Å². The van der Waals surface area contributed by atoms with Crippen molar-refractivity contribution >= 4 is 21.5 Å². The third kappa shape index (κ3) is 3.45. The van der Waals surface area contributed by atoms with Crippen molar-refractivity contribution in [3.05, 3.63) is 24.3 Å². The lowest BCUT2D eigenvalue weighted by atomic mass is 10.3. The van der Waals surface area contributed by atoms with Crippen LogP contribution in [0.5, 0.6) is 0 Å². The predicted molar refractivity (Wildman–Crippen MR) is 70.1 cm³/mol. The minimum absolute atomic E-state index is 0.292. The van der Waals surface area contributed by atoms with Gasteiger partial charge in [0, 0.05) is 25.5 Å². The predicted octanol–water partition coefficient (Wildman–Crippen LogP) is 0.861. The lowest BCUT2D eigenvalue weighted by molar-refractivity contribution is 0.602. The summed E-state index contributed by atoms with van der Waals surface area (Å²) in [5, 5.41) is 0. The second kappa shape index (κ2) is 5.18. The summed E-state index contributed by atoms with van der Waals surface area (Å²) in [6.45, 7) is 2.51. The first-order valence-electron chi connectivity index (χ1n) is 5.20. The second-order valence-corrected chi connectivity index (χ2v) is 5.67. The fourth-order valence-corrected chi connectivity index (χ4v) is 1.95. The van der Waals surface area contributed by atoms with Crippen molar-refractivity contribution in [2.75, 3.05) is 24.7 Å². The first-order valence-corrected chi connectivity index (χ1v) is 7.09. The van der Waals surface area contributed by atoms with E-state index >= 15 is 0 Å². The third-order valence-corrected chi connectivity index (χ3v) is 3.44. The summed E-state index contributed by atoms with van der Waals surface area (Å²) < 4.78 is 22.6. The van der Waals surface area contributed by atoms with Gasteiger partial charge < -0.3 is 10.6 Å². The molecular weight excluding hydrogens is 238 g/mol. The quantitative estimate of drug-likeness (QED) is 0.642. The van der Waals surface area contributed by atoms with Crippen molar-refractivity contribution < 1.29 is 8.42 Å². The van der Waals surface area contributed by atoms with Crippen molar-refractivity contribution in [3.63, 3.8) is 0 Å². The van der Waals surface area contributed by atoms with Crippen LogP contribution in [0.4, 0.5) is 5.69 Å². The molecule has 1 aromatic rings. The van der Waals surface area contributed by atoms with Crippen molar-refractivity contribution in [3.8, 4) is 0 Å². The molecule has 2 N–H and O–H groups in total. The van der Waals surface area contributed by atoms with Crippen LogP contribution in [0.2, 0.25) is 0 Å². The average molecular weight is 255 g/mol. The van der Waals surface area contributed by atoms with E-state index in [4.69, 9.17) is 5.73 Å². The Kier molecular flexibility index (Phi) is 4.11. The molecule has 0 bridgehead atoms. The second-order valence-electron chi connectivity index (χ2n) is 3.66. The lowest BCUT2D eigenvalue weighted by Crippen LogP contribution is -2.34. The van der Waals surface area contributed by atoms with Gasteiger partial charge in [-0.05, 0) is 31.2 Å². The molecule has 0 aliphatic rings. The molecule has 0 atom stereocenters. The summed E-state index contributed by atoms with van der Waals surface area (Å²) in [6.07, 6.45) is 1.18. The van der Waals surface area contributed by atoms with E-state index < -0.39 is 9.84 Å². The Morgan fingerprint density at radius 2 is 1.88 bits per heavy atom. The van der Waals surface area contributed by atoms with E-state index in [0.717, 1.165) is 5.69 Å². The van der Waals surface area contributed by atoms with Gasteiger partial charge in [-0.15, -0.1) is 0 Å². The van der Waals surface area contributed by atoms with Gasteiger partial charge >= 0.3 is 0 Å². The maximum atomic E-state index is 11.3. The van der Waals surface area contributed by atoms with Crippen LogP contribution in [0.15, 0.2) is 34.2 Å². The van der Waals surface area contributed by atoms with Crippen LogP contribution in [-0.2, 0) is 9.84 Å². The van der Waals surface area contributed by atoms with Gasteiger partial charge in [-0.1, -0.05) is 0 Å². The molecule has 0 fully saturated rings. The van der Waals surface area contributed by atoms with Gasteiger partial charge in [0.1, 0.15) is 0 Å². The van der Waals surface area contributed by atoms with E-state index in [9.17, 15) is 8.42 Å². The van der Waals surface area contributed by atoms with Crippen molar-refractivity contribution in [2.24, 2.45) is 10.7 Å². The van der Waals surface area contributed by atoms with Gasteiger partial charge in [-0.25, -0.2) is 8.42 Å². The fraction of sp³-hybridized carbons (Fsp3) is 0.364. The van der Waals surface area contributed by atoms with E-state index in [0.29, 0.717) is 17.4 Å². The first kappa shape index (κ1) is 13.5. The van der Waals surface area contributed by atoms with Gasteiger partial charge in [-0.2, -0.15) is 0 Å². The maximum Gasteiger partial charge on any atom is 0.195 e. The molecule has 0 heterocycles. The van der Waals surface area contributed by atoms with Gasteiger partial charge in [0.05, 0.1) is 4.90 Å². The molecule has 17 heavy (non-hydrogen) atoms. The summed E-state index contributed by atoms with van der Waals surface area (Å²) in [5.41, 5.74) is 6.54. The number of anilines is 1. The van der Waals surface area contributed by atoms with Crippen LogP contribution in [0.25, 0.3) is 0 Å². The number of sulfone groups is 1. The zero-order valence-corrected chi connectivity index (χ0v) is 11.0. The molecule has 94 valence electrons. The van der Waals surface area contributed by atoms with Crippen LogP contribution in [0, 0.1) is 0 Å². The number of rotatable bonds is 3. The highest BCUT2D eigenvalue weighted by molar-refractivity contribution is 7.90. The molecule has 0 unspecified atom stereocenters. The fourth-order valence-electron chi connectivity index (χ4n) is 1.32. The van der Waals surface area contributed by atoms with Crippen LogP contribution in [0.1, 0.15) is 6.92 Å². The average Bonchev–Trinajstić information content (AvgIpc) is 2.27. The largest absolute Gasteiger partial charge is 0.370 e. The topological polar surface area (TPSA) is 75.8 Å². The number of guanidine groups is 1. The van der Waals surface area contributed by atoms with Crippen LogP contribution >= 0.6 is 0 Å².